The number of amides is 1. The quantitative estimate of drug-likeness (QED) is 0.280. The first-order chi connectivity index (χ1) is 11.6. The van der Waals surface area contributed by atoms with Crippen LogP contribution in [0.15, 0.2) is 33.7 Å². The van der Waals surface area contributed by atoms with Crippen LogP contribution in [0.2, 0.25) is 0 Å². The van der Waals surface area contributed by atoms with E-state index in [0.717, 1.165) is 62.5 Å². The maximum Gasteiger partial charge on any atom is 0.219 e. The van der Waals surface area contributed by atoms with Crippen molar-refractivity contribution in [2.45, 2.75) is 26.7 Å². The number of piperazine rings is 1. The van der Waals surface area contributed by atoms with Gasteiger partial charge in [-0.15, -0.1) is 24.0 Å². The zero-order chi connectivity index (χ0) is 17.4. The Hall–Kier alpha value is -0.830. The van der Waals surface area contributed by atoms with Crippen molar-refractivity contribution in [1.82, 2.24) is 15.1 Å². The molecule has 1 saturated heterocycles. The SMILES string of the molecule is CCNC(=NCCCc1cccc(Br)c1)N1CCN(C(C)=O)CC1.I. The van der Waals surface area contributed by atoms with E-state index in [0.29, 0.717) is 0 Å². The average Bonchev–Trinajstić information content (AvgIpc) is 2.58. The van der Waals surface area contributed by atoms with E-state index in [9.17, 15) is 4.79 Å². The highest BCUT2D eigenvalue weighted by Gasteiger charge is 2.20. The fraction of sp³-hybridized carbons (Fsp3) is 0.556. The topological polar surface area (TPSA) is 47.9 Å². The molecule has 140 valence electrons. The molecule has 1 aliphatic rings. The summed E-state index contributed by atoms with van der Waals surface area (Å²) in [4.78, 5) is 20.3. The Morgan fingerprint density at radius 3 is 2.52 bits per heavy atom. The van der Waals surface area contributed by atoms with Gasteiger partial charge in [0.05, 0.1) is 0 Å². The summed E-state index contributed by atoms with van der Waals surface area (Å²) in [5.74, 6) is 1.13. The van der Waals surface area contributed by atoms with Crippen LogP contribution in [0.3, 0.4) is 0 Å². The van der Waals surface area contributed by atoms with E-state index in [-0.39, 0.29) is 29.9 Å². The van der Waals surface area contributed by atoms with Crippen molar-refractivity contribution in [3.05, 3.63) is 34.3 Å². The second-order valence-electron chi connectivity index (χ2n) is 5.96. The minimum absolute atomic E-state index is 0. The van der Waals surface area contributed by atoms with Gasteiger partial charge in [-0.3, -0.25) is 9.79 Å². The lowest BCUT2D eigenvalue weighted by Gasteiger charge is -2.36. The van der Waals surface area contributed by atoms with Crippen molar-refractivity contribution >= 4 is 51.8 Å². The molecule has 1 aromatic rings. The van der Waals surface area contributed by atoms with Crippen LogP contribution in [0.4, 0.5) is 0 Å². The molecule has 1 N–H and O–H groups in total. The fourth-order valence-corrected chi connectivity index (χ4v) is 3.27. The van der Waals surface area contributed by atoms with Gasteiger partial charge in [0.15, 0.2) is 5.96 Å². The lowest BCUT2D eigenvalue weighted by molar-refractivity contribution is -0.130. The van der Waals surface area contributed by atoms with E-state index in [1.165, 1.54) is 5.56 Å². The number of carbonyl (C=O) groups is 1. The molecule has 0 aliphatic carbocycles. The molecule has 2 rings (SSSR count). The van der Waals surface area contributed by atoms with E-state index in [4.69, 9.17) is 4.99 Å². The number of benzene rings is 1. The van der Waals surface area contributed by atoms with Gasteiger partial charge in [-0.2, -0.15) is 0 Å². The number of aliphatic imine (C=N–C) groups is 1. The Balaban J connectivity index is 0.00000312. The summed E-state index contributed by atoms with van der Waals surface area (Å²) in [5.41, 5.74) is 1.33. The number of guanidine groups is 1. The Labute approximate surface area is 176 Å². The van der Waals surface area contributed by atoms with Crippen LogP contribution in [-0.4, -0.2) is 60.9 Å². The third-order valence-corrected chi connectivity index (χ3v) is 4.63. The molecule has 0 unspecified atom stereocenters. The smallest absolute Gasteiger partial charge is 0.219 e. The second-order valence-corrected chi connectivity index (χ2v) is 6.88. The van der Waals surface area contributed by atoms with Gasteiger partial charge in [-0.25, -0.2) is 0 Å². The maximum atomic E-state index is 11.4. The highest BCUT2D eigenvalue weighted by molar-refractivity contribution is 14.0. The molecule has 0 radical (unpaired) electrons. The Morgan fingerprint density at radius 1 is 1.24 bits per heavy atom. The normalized spacial score (nSPS) is 14.9. The Bertz CT molecular complexity index is 574. The van der Waals surface area contributed by atoms with E-state index < -0.39 is 0 Å². The predicted molar refractivity (Wildman–Crippen MR) is 118 cm³/mol. The first-order valence-electron chi connectivity index (χ1n) is 8.63. The largest absolute Gasteiger partial charge is 0.357 e. The number of rotatable bonds is 5. The van der Waals surface area contributed by atoms with Gasteiger partial charge in [0.2, 0.25) is 5.91 Å². The second kappa shape index (κ2) is 11.7. The molecule has 0 saturated carbocycles. The van der Waals surface area contributed by atoms with E-state index in [2.05, 4.69) is 51.3 Å². The lowest BCUT2D eigenvalue weighted by Crippen LogP contribution is -2.53. The van der Waals surface area contributed by atoms with Crippen LogP contribution >= 0.6 is 39.9 Å². The molecule has 1 fully saturated rings. The van der Waals surface area contributed by atoms with Gasteiger partial charge >= 0.3 is 0 Å². The van der Waals surface area contributed by atoms with Gasteiger partial charge in [0, 0.05) is 50.7 Å². The van der Waals surface area contributed by atoms with E-state index >= 15 is 0 Å². The standard InChI is InChI=1S/C18H27BrN4O.HI/c1-3-20-18(23-12-10-22(11-13-23)15(2)24)21-9-5-7-16-6-4-8-17(19)14-16;/h4,6,8,14H,3,5,7,9-13H2,1-2H3,(H,20,21);1H. The van der Waals surface area contributed by atoms with Crippen LogP contribution in [0.1, 0.15) is 25.8 Å². The average molecular weight is 523 g/mol. The number of nitrogens with zero attached hydrogens (tertiary/aromatic N) is 3. The van der Waals surface area contributed by atoms with Gasteiger partial charge in [0.1, 0.15) is 0 Å². The molecule has 1 aliphatic heterocycles. The number of carbonyl (C=O) groups excluding carboxylic acids is 1. The van der Waals surface area contributed by atoms with Crippen molar-refractivity contribution in [2.24, 2.45) is 4.99 Å². The number of aryl methyl sites for hydroxylation is 1. The molecule has 0 spiro atoms. The molecule has 0 bridgehead atoms. The summed E-state index contributed by atoms with van der Waals surface area (Å²) >= 11 is 3.51. The molecule has 7 heteroatoms. The molecule has 0 atom stereocenters. The van der Waals surface area contributed by atoms with Crippen LogP contribution in [0.25, 0.3) is 0 Å². The number of halogens is 2. The number of nitrogens with one attached hydrogen (secondary N) is 1. The molecule has 1 amide bonds. The summed E-state index contributed by atoms with van der Waals surface area (Å²) in [6.07, 6.45) is 2.05. The van der Waals surface area contributed by atoms with Crippen molar-refractivity contribution < 1.29 is 4.79 Å². The summed E-state index contributed by atoms with van der Waals surface area (Å²) in [7, 11) is 0. The Morgan fingerprint density at radius 2 is 1.92 bits per heavy atom. The third-order valence-electron chi connectivity index (χ3n) is 4.13. The van der Waals surface area contributed by atoms with E-state index in [1.54, 1.807) is 6.92 Å². The first kappa shape index (κ1) is 22.2. The molecule has 1 heterocycles. The number of hydrogen-bond acceptors (Lipinski definition) is 2. The van der Waals surface area contributed by atoms with Crippen LogP contribution in [-0.2, 0) is 11.2 Å². The maximum absolute atomic E-state index is 11.4. The zero-order valence-electron chi connectivity index (χ0n) is 15.0. The monoisotopic (exact) mass is 522 g/mol. The summed E-state index contributed by atoms with van der Waals surface area (Å²) in [6, 6.07) is 8.43. The van der Waals surface area contributed by atoms with Gasteiger partial charge in [0.25, 0.3) is 0 Å². The van der Waals surface area contributed by atoms with Gasteiger partial charge < -0.3 is 15.1 Å². The summed E-state index contributed by atoms with van der Waals surface area (Å²) in [5, 5.41) is 3.37. The molecular formula is C18H28BrIN4O. The van der Waals surface area contributed by atoms with Crippen LogP contribution < -0.4 is 5.32 Å². The molecule has 0 aromatic heterocycles. The van der Waals surface area contributed by atoms with E-state index in [1.807, 2.05) is 11.0 Å². The van der Waals surface area contributed by atoms with Crippen molar-refractivity contribution in [3.8, 4) is 0 Å². The number of hydrogen-bond donors (Lipinski definition) is 1. The van der Waals surface area contributed by atoms with Crippen molar-refractivity contribution in [2.75, 3.05) is 39.3 Å². The molecular weight excluding hydrogens is 495 g/mol. The zero-order valence-corrected chi connectivity index (χ0v) is 18.9. The van der Waals surface area contributed by atoms with Crippen molar-refractivity contribution in [1.29, 1.82) is 0 Å². The molecule has 1 aromatic carbocycles. The molecule has 25 heavy (non-hydrogen) atoms. The minimum Gasteiger partial charge on any atom is -0.357 e. The third kappa shape index (κ3) is 7.52. The summed E-state index contributed by atoms with van der Waals surface area (Å²) < 4.78 is 1.13. The lowest BCUT2D eigenvalue weighted by atomic mass is 10.1. The highest BCUT2D eigenvalue weighted by Crippen LogP contribution is 2.13. The minimum atomic E-state index is 0. The van der Waals surface area contributed by atoms with Gasteiger partial charge in [-0.05, 0) is 37.5 Å². The Kier molecular flexibility index (Phi) is 10.4. The highest BCUT2D eigenvalue weighted by atomic mass is 127. The van der Waals surface area contributed by atoms with Gasteiger partial charge in [-0.1, -0.05) is 28.1 Å². The van der Waals surface area contributed by atoms with Crippen LogP contribution in [0.5, 0.6) is 0 Å². The first-order valence-corrected chi connectivity index (χ1v) is 9.42. The van der Waals surface area contributed by atoms with Crippen LogP contribution in [0, 0.1) is 0 Å². The summed E-state index contributed by atoms with van der Waals surface area (Å²) in [6.45, 7) is 8.63. The van der Waals surface area contributed by atoms with Crippen molar-refractivity contribution in [3.63, 3.8) is 0 Å². The predicted octanol–water partition coefficient (Wildman–Crippen LogP) is 3.13. The fourth-order valence-electron chi connectivity index (χ4n) is 2.82. The molecule has 5 nitrogen and oxygen atoms in total.